The summed E-state index contributed by atoms with van der Waals surface area (Å²) in [4.78, 5) is 12.8. The zero-order valence-electron chi connectivity index (χ0n) is 10.1. The lowest BCUT2D eigenvalue weighted by atomic mass is 10.0. The first kappa shape index (κ1) is 12.4. The third-order valence-corrected chi connectivity index (χ3v) is 4.43. The van der Waals surface area contributed by atoms with Crippen molar-refractivity contribution in [2.45, 2.75) is 6.42 Å². The first-order valence-electron chi connectivity index (χ1n) is 5.98. The highest BCUT2D eigenvalue weighted by molar-refractivity contribution is 7.12. The number of ketones is 1. The summed E-state index contributed by atoms with van der Waals surface area (Å²) in [5.41, 5.74) is 1.02. The molecule has 3 aromatic rings. The van der Waals surface area contributed by atoms with Crippen LogP contribution in [0.15, 0.2) is 53.9 Å². The molecule has 0 aliphatic rings. The van der Waals surface area contributed by atoms with Crippen LogP contribution in [-0.2, 0) is 6.42 Å². The van der Waals surface area contributed by atoms with Crippen LogP contribution in [0.3, 0.4) is 0 Å². The zero-order chi connectivity index (χ0) is 13.2. The highest BCUT2D eigenvalue weighted by atomic mass is 35.5. The van der Waals surface area contributed by atoms with Gasteiger partial charge in [-0.2, -0.15) is 0 Å². The van der Waals surface area contributed by atoms with Gasteiger partial charge in [-0.1, -0.05) is 54.1 Å². The molecular formula is C16H11ClOS. The van der Waals surface area contributed by atoms with Crippen LogP contribution in [0.2, 0.25) is 5.02 Å². The van der Waals surface area contributed by atoms with Crippen molar-refractivity contribution < 1.29 is 4.79 Å². The number of fused-ring (bicyclic) bond motifs is 1. The van der Waals surface area contributed by atoms with Gasteiger partial charge in [0.2, 0.25) is 0 Å². The topological polar surface area (TPSA) is 17.1 Å². The number of benzene rings is 2. The quantitative estimate of drug-likeness (QED) is 0.621. The largest absolute Gasteiger partial charge is 0.293 e. The molecule has 3 rings (SSSR count). The number of carbonyl (C=O) groups is 1. The SMILES string of the molecule is O=C(Cc1ccc2ccccc2c1)c1sccc1Cl. The lowest BCUT2D eigenvalue weighted by molar-refractivity contribution is 0.0997. The summed E-state index contributed by atoms with van der Waals surface area (Å²) in [7, 11) is 0. The summed E-state index contributed by atoms with van der Waals surface area (Å²) < 4.78 is 0. The van der Waals surface area contributed by atoms with Gasteiger partial charge in [-0.05, 0) is 27.8 Å². The fourth-order valence-corrected chi connectivity index (χ4v) is 3.21. The minimum atomic E-state index is 0.0790. The molecule has 1 aromatic heterocycles. The van der Waals surface area contributed by atoms with Crippen LogP contribution in [0.25, 0.3) is 10.8 Å². The Hall–Kier alpha value is -1.64. The summed E-state index contributed by atoms with van der Waals surface area (Å²) in [6.07, 6.45) is 0.394. The van der Waals surface area contributed by atoms with Crippen molar-refractivity contribution in [3.8, 4) is 0 Å². The average molecular weight is 287 g/mol. The van der Waals surface area contributed by atoms with E-state index < -0.39 is 0 Å². The molecule has 3 heteroatoms. The van der Waals surface area contributed by atoms with Gasteiger partial charge in [0, 0.05) is 6.42 Å². The minimum Gasteiger partial charge on any atom is -0.293 e. The Bertz CT molecular complexity index is 745. The van der Waals surface area contributed by atoms with Crippen LogP contribution in [-0.4, -0.2) is 5.78 Å². The molecule has 0 N–H and O–H groups in total. The Morgan fingerprint density at radius 2 is 1.84 bits per heavy atom. The van der Waals surface area contributed by atoms with Gasteiger partial charge in [-0.3, -0.25) is 4.79 Å². The van der Waals surface area contributed by atoms with Crippen LogP contribution >= 0.6 is 22.9 Å². The second-order valence-corrected chi connectivity index (χ2v) is 5.70. The molecule has 2 aromatic carbocycles. The van der Waals surface area contributed by atoms with Crippen molar-refractivity contribution in [3.05, 3.63) is 69.4 Å². The minimum absolute atomic E-state index is 0.0790. The van der Waals surface area contributed by atoms with Gasteiger partial charge in [0.05, 0.1) is 9.90 Å². The Morgan fingerprint density at radius 1 is 1.05 bits per heavy atom. The number of halogens is 1. The van der Waals surface area contributed by atoms with E-state index in [-0.39, 0.29) is 5.78 Å². The number of rotatable bonds is 3. The molecule has 0 aliphatic heterocycles. The predicted molar refractivity (Wildman–Crippen MR) is 81.3 cm³/mol. The van der Waals surface area contributed by atoms with E-state index in [0.717, 1.165) is 10.9 Å². The number of carbonyl (C=O) groups excluding carboxylic acids is 1. The smallest absolute Gasteiger partial charge is 0.178 e. The van der Waals surface area contributed by atoms with E-state index in [2.05, 4.69) is 18.2 Å². The Morgan fingerprint density at radius 3 is 2.58 bits per heavy atom. The lowest BCUT2D eigenvalue weighted by Gasteiger charge is -2.03. The molecule has 0 bridgehead atoms. The highest BCUT2D eigenvalue weighted by Gasteiger charge is 2.12. The maximum atomic E-state index is 12.2. The van der Waals surface area contributed by atoms with E-state index in [1.54, 1.807) is 6.07 Å². The Kier molecular flexibility index (Phi) is 3.36. The molecule has 1 nitrogen and oxygen atoms in total. The van der Waals surface area contributed by atoms with E-state index in [4.69, 9.17) is 11.6 Å². The van der Waals surface area contributed by atoms with Gasteiger partial charge < -0.3 is 0 Å². The standard InChI is InChI=1S/C16H11ClOS/c17-14-7-8-19-16(14)15(18)10-11-5-6-12-3-1-2-4-13(12)9-11/h1-9H,10H2. The summed E-state index contributed by atoms with van der Waals surface area (Å²) in [5, 5.41) is 4.74. The van der Waals surface area contributed by atoms with E-state index in [0.29, 0.717) is 16.3 Å². The molecule has 0 spiro atoms. The highest BCUT2D eigenvalue weighted by Crippen LogP contribution is 2.24. The Labute approximate surface area is 120 Å². The predicted octanol–water partition coefficient (Wildman–Crippen LogP) is 4.98. The summed E-state index contributed by atoms with van der Waals surface area (Å²) in [5.74, 6) is 0.0790. The number of hydrogen-bond acceptors (Lipinski definition) is 2. The normalized spacial score (nSPS) is 10.8. The molecule has 94 valence electrons. The van der Waals surface area contributed by atoms with Crippen LogP contribution in [0.5, 0.6) is 0 Å². The molecule has 0 saturated carbocycles. The maximum Gasteiger partial charge on any atom is 0.178 e. The molecular weight excluding hydrogens is 276 g/mol. The van der Waals surface area contributed by atoms with Crippen molar-refractivity contribution in [1.82, 2.24) is 0 Å². The second kappa shape index (κ2) is 5.16. The van der Waals surface area contributed by atoms with Gasteiger partial charge in [-0.25, -0.2) is 0 Å². The molecule has 0 fully saturated rings. The maximum absolute atomic E-state index is 12.2. The van der Waals surface area contributed by atoms with Gasteiger partial charge in [-0.15, -0.1) is 11.3 Å². The van der Waals surface area contributed by atoms with Gasteiger partial charge in [0.15, 0.2) is 5.78 Å². The molecule has 0 aliphatic carbocycles. The van der Waals surface area contributed by atoms with Crippen molar-refractivity contribution in [1.29, 1.82) is 0 Å². The molecule has 0 radical (unpaired) electrons. The second-order valence-electron chi connectivity index (χ2n) is 4.38. The molecule has 0 unspecified atom stereocenters. The van der Waals surface area contributed by atoms with Crippen molar-refractivity contribution >= 4 is 39.5 Å². The van der Waals surface area contributed by atoms with E-state index in [1.807, 2.05) is 29.6 Å². The molecule has 1 heterocycles. The van der Waals surface area contributed by atoms with E-state index in [1.165, 1.54) is 16.7 Å². The van der Waals surface area contributed by atoms with Crippen molar-refractivity contribution in [2.24, 2.45) is 0 Å². The third-order valence-electron chi connectivity index (χ3n) is 3.05. The van der Waals surface area contributed by atoms with Crippen LogP contribution in [0, 0.1) is 0 Å². The third kappa shape index (κ3) is 2.55. The molecule has 0 saturated heterocycles. The van der Waals surface area contributed by atoms with E-state index >= 15 is 0 Å². The van der Waals surface area contributed by atoms with Crippen LogP contribution in [0.4, 0.5) is 0 Å². The van der Waals surface area contributed by atoms with Gasteiger partial charge in [0.25, 0.3) is 0 Å². The molecule has 19 heavy (non-hydrogen) atoms. The Balaban J connectivity index is 1.89. The fraction of sp³-hybridized carbons (Fsp3) is 0.0625. The number of hydrogen-bond donors (Lipinski definition) is 0. The summed E-state index contributed by atoms with van der Waals surface area (Å²) in [6.45, 7) is 0. The van der Waals surface area contributed by atoms with E-state index in [9.17, 15) is 4.79 Å². The van der Waals surface area contributed by atoms with Crippen LogP contribution in [0.1, 0.15) is 15.2 Å². The first-order valence-corrected chi connectivity index (χ1v) is 7.24. The first-order chi connectivity index (χ1) is 9.24. The van der Waals surface area contributed by atoms with Crippen LogP contribution < -0.4 is 0 Å². The average Bonchev–Trinajstić information content (AvgIpc) is 2.85. The van der Waals surface area contributed by atoms with Crippen molar-refractivity contribution in [2.75, 3.05) is 0 Å². The monoisotopic (exact) mass is 286 g/mol. The summed E-state index contributed by atoms with van der Waals surface area (Å²) in [6, 6.07) is 16.0. The van der Waals surface area contributed by atoms with Crippen molar-refractivity contribution in [3.63, 3.8) is 0 Å². The number of thiophene rings is 1. The van der Waals surface area contributed by atoms with Gasteiger partial charge in [0.1, 0.15) is 0 Å². The summed E-state index contributed by atoms with van der Waals surface area (Å²) >= 11 is 7.38. The fourth-order valence-electron chi connectivity index (χ4n) is 2.11. The zero-order valence-corrected chi connectivity index (χ0v) is 11.7. The number of Topliss-reactive ketones (excluding diaryl/α,β-unsaturated/α-hetero) is 1. The molecule has 0 amide bonds. The van der Waals surface area contributed by atoms with Gasteiger partial charge >= 0.3 is 0 Å². The molecule has 0 atom stereocenters. The lowest BCUT2D eigenvalue weighted by Crippen LogP contribution is -2.01.